The SMILES string of the molecule is COc1c(C(C)(C)C)cc2cc(Br)ccc2c1-c1c(S(=O)Cl)c(C(C)(C)C)cc2ccccc12. The van der Waals surface area contributed by atoms with Crippen molar-refractivity contribution in [1.29, 1.82) is 0 Å². The molecular weight excluding hydrogens is 528 g/mol. The summed E-state index contributed by atoms with van der Waals surface area (Å²) in [6.45, 7) is 12.9. The van der Waals surface area contributed by atoms with Gasteiger partial charge in [0.1, 0.15) is 15.8 Å². The van der Waals surface area contributed by atoms with Crippen molar-refractivity contribution in [2.45, 2.75) is 57.3 Å². The first-order chi connectivity index (χ1) is 15.8. The first kappa shape index (κ1) is 25.2. The standard InChI is InChI=1S/C29H30BrClO2S/c1-28(2,3)22-16-18-14-19(30)12-13-21(18)24(26(22)33-7)25-20-11-9-8-10-17(20)15-23(29(4,5)6)27(25)34(31)32/h8-16H,1-7H3. The lowest BCUT2D eigenvalue weighted by atomic mass is 9.79. The first-order valence-electron chi connectivity index (χ1n) is 11.3. The third-order valence-electron chi connectivity index (χ3n) is 6.29. The Hall–Kier alpha value is -1.88. The second-order valence-electron chi connectivity index (χ2n) is 10.8. The number of benzene rings is 4. The van der Waals surface area contributed by atoms with E-state index < -0.39 is 10.0 Å². The van der Waals surface area contributed by atoms with Crippen molar-refractivity contribution in [3.05, 3.63) is 70.2 Å². The van der Waals surface area contributed by atoms with Gasteiger partial charge in [-0.25, -0.2) is 4.21 Å². The maximum absolute atomic E-state index is 13.3. The van der Waals surface area contributed by atoms with Gasteiger partial charge in [0.2, 0.25) is 0 Å². The highest BCUT2D eigenvalue weighted by atomic mass is 79.9. The van der Waals surface area contributed by atoms with Gasteiger partial charge < -0.3 is 4.74 Å². The minimum atomic E-state index is -1.73. The maximum atomic E-state index is 13.3. The van der Waals surface area contributed by atoms with Gasteiger partial charge in [0.15, 0.2) is 0 Å². The predicted octanol–water partition coefficient (Wildman–Crippen LogP) is 9.29. The summed E-state index contributed by atoms with van der Waals surface area (Å²) >= 11 is 3.64. The lowest BCUT2D eigenvalue weighted by molar-refractivity contribution is 0.400. The Labute approximate surface area is 217 Å². The average Bonchev–Trinajstić information content (AvgIpc) is 2.75. The minimum absolute atomic E-state index is 0.172. The number of hydrogen-bond donors (Lipinski definition) is 0. The van der Waals surface area contributed by atoms with Crippen LogP contribution in [0.15, 0.2) is 64.0 Å². The van der Waals surface area contributed by atoms with Crippen LogP contribution in [-0.4, -0.2) is 11.3 Å². The van der Waals surface area contributed by atoms with Crippen LogP contribution in [0.4, 0.5) is 0 Å². The molecular formula is C29H30BrClO2S. The highest BCUT2D eigenvalue weighted by molar-refractivity contribution is 9.10. The quantitative estimate of drug-likeness (QED) is 0.235. The molecule has 0 N–H and O–H groups in total. The predicted molar refractivity (Wildman–Crippen MR) is 151 cm³/mol. The molecule has 4 rings (SSSR count). The van der Waals surface area contributed by atoms with Gasteiger partial charge in [-0.05, 0) is 72.9 Å². The summed E-state index contributed by atoms with van der Waals surface area (Å²) in [4.78, 5) is 0.654. The smallest absolute Gasteiger partial charge is 0.148 e. The van der Waals surface area contributed by atoms with Crippen LogP contribution in [0.1, 0.15) is 52.7 Å². The highest BCUT2D eigenvalue weighted by Crippen LogP contribution is 2.50. The molecule has 0 bridgehead atoms. The van der Waals surface area contributed by atoms with Gasteiger partial charge >= 0.3 is 0 Å². The van der Waals surface area contributed by atoms with E-state index in [0.29, 0.717) is 4.90 Å². The largest absolute Gasteiger partial charge is 0.496 e. The van der Waals surface area contributed by atoms with Crippen molar-refractivity contribution in [2.75, 3.05) is 7.11 Å². The Bertz CT molecular complexity index is 1450. The monoisotopic (exact) mass is 556 g/mol. The van der Waals surface area contributed by atoms with Gasteiger partial charge in [0.25, 0.3) is 0 Å². The highest BCUT2D eigenvalue weighted by Gasteiger charge is 2.31. The molecule has 0 aliphatic rings. The average molecular weight is 558 g/mol. The zero-order valence-electron chi connectivity index (χ0n) is 20.7. The molecule has 0 aliphatic carbocycles. The number of halogens is 2. The summed E-state index contributed by atoms with van der Waals surface area (Å²) in [7, 11) is 6.48. The van der Waals surface area contributed by atoms with Crippen LogP contribution in [0.2, 0.25) is 0 Å². The van der Waals surface area contributed by atoms with Crippen molar-refractivity contribution in [3.8, 4) is 16.9 Å². The number of methoxy groups -OCH3 is 1. The molecule has 0 spiro atoms. The van der Waals surface area contributed by atoms with Gasteiger partial charge in [-0.2, -0.15) is 0 Å². The fourth-order valence-electron chi connectivity index (χ4n) is 4.68. The maximum Gasteiger partial charge on any atom is 0.148 e. The molecule has 5 heteroatoms. The Morgan fingerprint density at radius 3 is 1.97 bits per heavy atom. The van der Waals surface area contributed by atoms with E-state index in [9.17, 15) is 4.21 Å². The second-order valence-corrected chi connectivity index (χ2v) is 13.4. The molecule has 0 aliphatic heterocycles. The fraction of sp³-hybridized carbons (Fsp3) is 0.310. The molecule has 2 nitrogen and oxygen atoms in total. The van der Waals surface area contributed by atoms with Crippen molar-refractivity contribution in [3.63, 3.8) is 0 Å². The van der Waals surface area contributed by atoms with E-state index in [1.165, 1.54) is 0 Å². The molecule has 178 valence electrons. The molecule has 4 aromatic carbocycles. The van der Waals surface area contributed by atoms with Gasteiger partial charge in [0, 0.05) is 21.2 Å². The molecule has 0 amide bonds. The van der Waals surface area contributed by atoms with E-state index >= 15 is 0 Å². The summed E-state index contributed by atoms with van der Waals surface area (Å²) in [6.07, 6.45) is 0. The molecule has 4 aromatic rings. The minimum Gasteiger partial charge on any atom is -0.496 e. The Morgan fingerprint density at radius 1 is 0.794 bits per heavy atom. The van der Waals surface area contributed by atoms with Gasteiger partial charge in [-0.3, -0.25) is 0 Å². The van der Waals surface area contributed by atoms with E-state index in [1.54, 1.807) is 7.11 Å². The topological polar surface area (TPSA) is 26.3 Å². The molecule has 0 saturated carbocycles. The summed E-state index contributed by atoms with van der Waals surface area (Å²) in [5.41, 5.74) is 3.45. The van der Waals surface area contributed by atoms with Crippen molar-refractivity contribution < 1.29 is 8.95 Å². The van der Waals surface area contributed by atoms with E-state index in [4.69, 9.17) is 15.4 Å². The van der Waals surface area contributed by atoms with E-state index in [0.717, 1.165) is 54.0 Å². The Kier molecular flexibility index (Phi) is 6.65. The van der Waals surface area contributed by atoms with Crippen LogP contribution in [0.5, 0.6) is 5.75 Å². The van der Waals surface area contributed by atoms with Crippen LogP contribution >= 0.6 is 26.6 Å². The lowest BCUT2D eigenvalue weighted by Gasteiger charge is -2.29. The summed E-state index contributed by atoms with van der Waals surface area (Å²) < 4.78 is 20.4. The van der Waals surface area contributed by atoms with Crippen LogP contribution in [0.25, 0.3) is 32.7 Å². The Balaban J connectivity index is 2.37. The first-order valence-corrected chi connectivity index (χ1v) is 14.1. The van der Waals surface area contributed by atoms with Crippen LogP contribution in [-0.2, 0) is 20.8 Å². The van der Waals surface area contributed by atoms with Crippen LogP contribution in [0.3, 0.4) is 0 Å². The van der Waals surface area contributed by atoms with E-state index in [1.807, 2.05) is 18.2 Å². The number of hydrogen-bond acceptors (Lipinski definition) is 2. The number of fused-ring (bicyclic) bond motifs is 2. The molecule has 34 heavy (non-hydrogen) atoms. The van der Waals surface area contributed by atoms with Crippen molar-refractivity contribution >= 4 is 58.2 Å². The summed E-state index contributed by atoms with van der Waals surface area (Å²) in [6, 6.07) is 18.8. The zero-order chi connectivity index (χ0) is 25.0. The van der Waals surface area contributed by atoms with Crippen molar-refractivity contribution in [2.24, 2.45) is 0 Å². The van der Waals surface area contributed by atoms with Gasteiger partial charge in [0.05, 0.1) is 12.0 Å². The lowest BCUT2D eigenvalue weighted by Crippen LogP contribution is -2.16. The molecule has 0 fully saturated rings. The zero-order valence-corrected chi connectivity index (χ0v) is 23.8. The van der Waals surface area contributed by atoms with Gasteiger partial charge in [-0.1, -0.05) is 87.8 Å². The molecule has 1 unspecified atom stereocenters. The summed E-state index contributed by atoms with van der Waals surface area (Å²) in [5, 5.41) is 4.22. The number of rotatable bonds is 3. The third kappa shape index (κ3) is 4.41. The van der Waals surface area contributed by atoms with Crippen LogP contribution < -0.4 is 4.74 Å². The number of ether oxygens (including phenoxy) is 1. The fourth-order valence-corrected chi connectivity index (χ4v) is 6.45. The van der Waals surface area contributed by atoms with Gasteiger partial charge in [-0.15, -0.1) is 0 Å². The van der Waals surface area contributed by atoms with E-state index in [2.05, 4.69) is 93.9 Å². The molecule has 0 heterocycles. The normalized spacial score (nSPS) is 13.4. The summed E-state index contributed by atoms with van der Waals surface area (Å²) in [5.74, 6) is 0.793. The second kappa shape index (κ2) is 8.96. The molecule has 1 atom stereocenters. The molecule has 0 aromatic heterocycles. The van der Waals surface area contributed by atoms with Crippen LogP contribution in [0, 0.1) is 0 Å². The third-order valence-corrected chi connectivity index (χ3v) is 7.99. The molecule has 0 radical (unpaired) electrons. The van der Waals surface area contributed by atoms with Crippen molar-refractivity contribution in [1.82, 2.24) is 0 Å². The van der Waals surface area contributed by atoms with E-state index in [-0.39, 0.29) is 10.8 Å². The molecule has 0 saturated heterocycles. The Morgan fingerprint density at radius 2 is 1.38 bits per heavy atom.